The van der Waals surface area contributed by atoms with Crippen molar-refractivity contribution in [3.05, 3.63) is 79.9 Å². The number of carbonyl (C=O) groups excluding carboxylic acids is 2. The summed E-state index contributed by atoms with van der Waals surface area (Å²) in [6.45, 7) is 0.346. The van der Waals surface area contributed by atoms with Crippen molar-refractivity contribution in [3.8, 4) is 0 Å². The van der Waals surface area contributed by atoms with E-state index in [9.17, 15) is 38.2 Å². The highest BCUT2D eigenvalue weighted by atomic mass is 32.2. The first-order valence-corrected chi connectivity index (χ1v) is 14.4. The van der Waals surface area contributed by atoms with Gasteiger partial charge in [-0.3, -0.25) is 24.4 Å². The molecule has 2 fully saturated rings. The monoisotopic (exact) mass is 592 g/mol. The number of nitro benzene ring substituents is 2. The Morgan fingerprint density at radius 3 is 1.88 bits per heavy atom. The molecule has 0 bridgehead atoms. The number of ether oxygens (including phenoxy) is 2. The second-order valence-electron chi connectivity index (χ2n) is 9.83. The predicted molar refractivity (Wildman–Crippen MR) is 141 cm³/mol. The van der Waals surface area contributed by atoms with Gasteiger partial charge in [0.2, 0.25) is 0 Å². The molecule has 2 amide bonds. The number of amides is 2. The highest BCUT2D eigenvalue weighted by Gasteiger charge is 2.45. The van der Waals surface area contributed by atoms with Gasteiger partial charge < -0.3 is 19.3 Å². The summed E-state index contributed by atoms with van der Waals surface area (Å²) in [6, 6.07) is 10.7. The van der Waals surface area contributed by atoms with Crippen LogP contribution in [0.3, 0.4) is 0 Å². The Hall–Kier alpha value is -4.31. The maximum absolute atomic E-state index is 13.1. The molecule has 0 saturated carbocycles. The van der Waals surface area contributed by atoms with Gasteiger partial charge in [0.15, 0.2) is 0 Å². The quantitative estimate of drug-likeness (QED) is 0.236. The van der Waals surface area contributed by atoms with Gasteiger partial charge in [-0.1, -0.05) is 0 Å². The lowest BCUT2D eigenvalue weighted by Crippen LogP contribution is -2.42. The molecule has 16 heteroatoms. The summed E-state index contributed by atoms with van der Waals surface area (Å²) in [4.78, 5) is 49.2. The molecule has 0 N–H and O–H groups in total. The number of non-ortho nitro benzene ring substituents is 2. The maximum Gasteiger partial charge on any atom is 0.410 e. The van der Waals surface area contributed by atoms with Gasteiger partial charge in [-0.25, -0.2) is 9.59 Å². The van der Waals surface area contributed by atoms with Crippen molar-refractivity contribution in [3.63, 3.8) is 0 Å². The Balaban J connectivity index is 1.36. The van der Waals surface area contributed by atoms with E-state index >= 15 is 0 Å². The van der Waals surface area contributed by atoms with E-state index in [1.807, 2.05) is 0 Å². The summed E-state index contributed by atoms with van der Waals surface area (Å²) < 4.78 is 39.5. The summed E-state index contributed by atoms with van der Waals surface area (Å²) in [5, 5.41) is 21.7. The minimum atomic E-state index is -3.79. The summed E-state index contributed by atoms with van der Waals surface area (Å²) >= 11 is 0. The van der Waals surface area contributed by atoms with Crippen molar-refractivity contribution in [1.82, 2.24) is 9.80 Å². The summed E-state index contributed by atoms with van der Waals surface area (Å²) in [5.74, 6) is -0.206. The number of hydrogen-bond donors (Lipinski definition) is 0. The van der Waals surface area contributed by atoms with Crippen LogP contribution in [0.5, 0.6) is 0 Å². The van der Waals surface area contributed by atoms with Crippen LogP contribution in [-0.2, 0) is 37.0 Å². The highest BCUT2D eigenvalue weighted by Crippen LogP contribution is 2.33. The fourth-order valence-corrected chi connectivity index (χ4v) is 5.59. The second kappa shape index (κ2) is 12.5. The molecule has 41 heavy (non-hydrogen) atoms. The van der Waals surface area contributed by atoms with Crippen LogP contribution in [0.15, 0.2) is 48.5 Å². The van der Waals surface area contributed by atoms with Gasteiger partial charge >= 0.3 is 12.2 Å². The Kier molecular flexibility index (Phi) is 9.02. The molecule has 0 spiro atoms. The molecule has 2 aliphatic heterocycles. The summed E-state index contributed by atoms with van der Waals surface area (Å²) in [6.07, 6.45) is -0.404. The van der Waals surface area contributed by atoms with Crippen LogP contribution in [0, 0.1) is 26.1 Å². The molecule has 2 aromatic carbocycles. The lowest BCUT2D eigenvalue weighted by molar-refractivity contribution is -0.385. The zero-order chi connectivity index (χ0) is 29.7. The highest BCUT2D eigenvalue weighted by molar-refractivity contribution is 7.86. The molecule has 220 valence electrons. The lowest BCUT2D eigenvalue weighted by Gasteiger charge is -2.28. The van der Waals surface area contributed by atoms with Crippen LogP contribution in [0.25, 0.3) is 0 Å². The number of rotatable bonds is 9. The molecule has 0 radical (unpaired) electrons. The summed E-state index contributed by atoms with van der Waals surface area (Å²) in [5.41, 5.74) is 0.940. The van der Waals surface area contributed by atoms with Gasteiger partial charge in [0.05, 0.1) is 28.8 Å². The number of nitro groups is 2. The van der Waals surface area contributed by atoms with Crippen molar-refractivity contribution >= 4 is 33.7 Å². The number of hydrogen-bond acceptors (Lipinski definition) is 11. The topological polar surface area (TPSA) is 189 Å². The fourth-order valence-electron chi connectivity index (χ4n) is 4.96. The average Bonchev–Trinajstić information content (AvgIpc) is 3.57. The Morgan fingerprint density at radius 2 is 1.39 bits per heavy atom. The third-order valence-corrected chi connectivity index (χ3v) is 7.52. The zero-order valence-corrected chi connectivity index (χ0v) is 22.8. The molecular weight excluding hydrogens is 564 g/mol. The molecule has 0 aromatic heterocycles. The molecule has 2 saturated heterocycles. The van der Waals surface area contributed by atoms with E-state index in [1.165, 1.54) is 58.3 Å². The van der Waals surface area contributed by atoms with Gasteiger partial charge in [-0.2, -0.15) is 8.42 Å². The normalized spacial score (nSPS) is 20.6. The van der Waals surface area contributed by atoms with Crippen LogP contribution in [0.4, 0.5) is 21.0 Å². The maximum atomic E-state index is 13.1. The average molecular weight is 593 g/mol. The van der Waals surface area contributed by atoms with E-state index < -0.39 is 44.3 Å². The number of nitrogens with zero attached hydrogens (tertiary/aromatic N) is 4. The Bertz CT molecular complexity index is 1400. The lowest BCUT2D eigenvalue weighted by atomic mass is 9.96. The largest absolute Gasteiger partial charge is 0.445 e. The fraction of sp³-hybridized carbons (Fsp3) is 0.440. The first-order chi connectivity index (χ1) is 19.4. The van der Waals surface area contributed by atoms with Crippen LogP contribution < -0.4 is 0 Å². The van der Waals surface area contributed by atoms with E-state index in [-0.39, 0.29) is 50.0 Å². The van der Waals surface area contributed by atoms with Crippen LogP contribution >= 0.6 is 0 Å². The molecular formula is C25H28N4O11S. The van der Waals surface area contributed by atoms with E-state index in [0.29, 0.717) is 24.1 Å². The zero-order valence-electron chi connectivity index (χ0n) is 22.0. The van der Waals surface area contributed by atoms with E-state index in [1.54, 1.807) is 0 Å². The number of carbonyl (C=O) groups is 2. The number of benzene rings is 2. The van der Waals surface area contributed by atoms with Gasteiger partial charge in [0.1, 0.15) is 13.2 Å². The molecule has 3 atom stereocenters. The first kappa shape index (κ1) is 29.7. The SMILES string of the molecule is CS(=O)(=O)O[C@@H]1C[C@@H](C2CCN(C(=O)OCc3ccc([N+](=O)[O-])cc3)C2)N(C(=O)OCc2ccc([N+](=O)[O-])cc2)C1. The van der Waals surface area contributed by atoms with Crippen molar-refractivity contribution in [2.24, 2.45) is 5.92 Å². The van der Waals surface area contributed by atoms with Crippen LogP contribution in [0.2, 0.25) is 0 Å². The van der Waals surface area contributed by atoms with Crippen molar-refractivity contribution < 1.29 is 41.5 Å². The van der Waals surface area contributed by atoms with Gasteiger partial charge in [-0.15, -0.1) is 0 Å². The molecule has 1 unspecified atom stereocenters. The van der Waals surface area contributed by atoms with Crippen molar-refractivity contribution in [2.75, 3.05) is 25.9 Å². The molecule has 15 nitrogen and oxygen atoms in total. The summed E-state index contributed by atoms with van der Waals surface area (Å²) in [7, 11) is -3.79. The van der Waals surface area contributed by atoms with E-state index in [4.69, 9.17) is 13.7 Å². The predicted octanol–water partition coefficient (Wildman–Crippen LogP) is 3.22. The second-order valence-corrected chi connectivity index (χ2v) is 11.4. The third-order valence-electron chi connectivity index (χ3n) is 6.90. The van der Waals surface area contributed by atoms with Crippen LogP contribution in [0.1, 0.15) is 24.0 Å². The Labute approximate surface area is 235 Å². The van der Waals surface area contributed by atoms with Gasteiger partial charge in [-0.05, 0) is 54.2 Å². The Morgan fingerprint density at radius 1 is 0.878 bits per heavy atom. The van der Waals surface area contributed by atoms with Gasteiger partial charge in [0.25, 0.3) is 21.5 Å². The van der Waals surface area contributed by atoms with E-state index in [2.05, 4.69) is 0 Å². The molecule has 2 heterocycles. The molecule has 0 aliphatic carbocycles. The van der Waals surface area contributed by atoms with Gasteiger partial charge in [0, 0.05) is 43.4 Å². The number of likely N-dealkylation sites (tertiary alicyclic amines) is 2. The smallest absolute Gasteiger partial charge is 0.410 e. The third kappa shape index (κ3) is 7.88. The molecule has 2 aliphatic rings. The minimum absolute atomic E-state index is 0.0298. The van der Waals surface area contributed by atoms with Crippen LogP contribution in [-0.4, -0.2) is 78.3 Å². The molecule has 4 rings (SSSR count). The first-order valence-electron chi connectivity index (χ1n) is 12.6. The minimum Gasteiger partial charge on any atom is -0.445 e. The standard InChI is InChI=1S/C25H28N4O11S/c1-41(36,37)40-22-12-23(27(14-22)25(31)39-16-18-4-8-21(9-5-18)29(34)35)19-10-11-26(13-19)24(30)38-15-17-2-6-20(7-3-17)28(32)33/h2-9,19,22-23H,10-16H2,1H3/t19?,22-,23+/m1/s1. The van der Waals surface area contributed by atoms with E-state index in [0.717, 1.165) is 6.26 Å². The van der Waals surface area contributed by atoms with Crippen molar-refractivity contribution in [1.29, 1.82) is 0 Å². The van der Waals surface area contributed by atoms with Crippen molar-refractivity contribution in [2.45, 2.75) is 38.2 Å². The molecule has 2 aromatic rings.